The fourth-order valence-electron chi connectivity index (χ4n) is 0. The van der Waals surface area contributed by atoms with Crippen LogP contribution in [0.15, 0.2) is 5.34 Å². The van der Waals surface area contributed by atoms with Gasteiger partial charge in [0.15, 0.2) is 5.34 Å². The Bertz CT molecular complexity index is 53.5. The third kappa shape index (κ3) is 137. The molecule has 1 N–H and O–H groups in total. The maximum atomic E-state index is 9.75. The van der Waals surface area contributed by atoms with Crippen molar-refractivity contribution in [3.8, 4) is 0 Å². The van der Waals surface area contributed by atoms with Crippen molar-refractivity contribution in [3.63, 3.8) is 0 Å². The highest BCUT2D eigenvalue weighted by Crippen LogP contribution is 2.06. The van der Waals surface area contributed by atoms with Crippen LogP contribution in [0.5, 0.6) is 0 Å². The quantitative estimate of drug-likeness (QED) is 0.235. The van der Waals surface area contributed by atoms with Crippen LogP contribution in [-0.2, 0) is 0 Å². The second-order valence-electron chi connectivity index (χ2n) is 0.577. The fourth-order valence-corrected chi connectivity index (χ4v) is 0. The van der Waals surface area contributed by atoms with Gasteiger partial charge in [-0.3, -0.25) is 0 Å². The van der Waals surface area contributed by atoms with Crippen molar-refractivity contribution >= 4 is 7.25 Å². The summed E-state index contributed by atoms with van der Waals surface area (Å²) < 4.78 is 39.0. The predicted molar refractivity (Wildman–Crippen MR) is 17.8 cm³/mol. The Labute approximate surface area is 41.3 Å². The van der Waals surface area contributed by atoms with Crippen molar-refractivity contribution in [1.82, 2.24) is 0 Å². The lowest BCUT2D eigenvalue weighted by atomic mass is 10.3. The van der Waals surface area contributed by atoms with E-state index >= 15 is 0 Å². The summed E-state index contributed by atoms with van der Waals surface area (Å²) in [4.78, 5) is 8.11. The van der Waals surface area contributed by atoms with E-state index in [1.54, 1.807) is 0 Å². The van der Waals surface area contributed by atoms with Gasteiger partial charge in [0.1, 0.15) is 0 Å². The van der Waals surface area contributed by atoms with Gasteiger partial charge >= 0.3 is 7.25 Å². The van der Waals surface area contributed by atoms with Crippen LogP contribution in [0, 0.1) is 4.91 Å². The summed E-state index contributed by atoms with van der Waals surface area (Å²) >= 11 is 0. The lowest BCUT2D eigenvalue weighted by molar-refractivity contribution is 0.312. The zero-order valence-electron chi connectivity index (χ0n) is 3.39. The summed E-state index contributed by atoms with van der Waals surface area (Å²) in [6.45, 7) is 0. The van der Waals surface area contributed by atoms with Gasteiger partial charge in [-0.15, -0.1) is 4.91 Å². The van der Waals surface area contributed by atoms with Crippen LogP contribution in [0.3, 0.4) is 0 Å². The van der Waals surface area contributed by atoms with E-state index in [4.69, 9.17) is 10.1 Å². The molecule has 0 heterocycles. The maximum absolute atomic E-state index is 9.75. The van der Waals surface area contributed by atoms with Crippen LogP contribution in [0.4, 0.5) is 17.3 Å². The molecule has 3 nitrogen and oxygen atoms in total. The normalized spacial score (nSPS) is 9.00. The van der Waals surface area contributed by atoms with E-state index in [1.165, 1.54) is 5.34 Å². The first kappa shape index (κ1) is 10.2. The van der Waals surface area contributed by atoms with E-state index in [-0.39, 0.29) is 0 Å². The molecule has 0 aromatic heterocycles. The van der Waals surface area contributed by atoms with Crippen LogP contribution in [-0.4, -0.2) is 12.5 Å². The molecule has 0 bridgehead atoms. The molecule has 50 valence electrons. The Morgan fingerprint density at radius 3 is 1.25 bits per heavy atom. The molecular formula is HBF4NO2-. The largest absolute Gasteiger partial charge is 0.673 e. The smallest absolute Gasteiger partial charge is 0.418 e. The molecule has 0 aliphatic rings. The van der Waals surface area contributed by atoms with Crippen molar-refractivity contribution in [2.75, 3.05) is 0 Å². The first-order valence-corrected chi connectivity index (χ1v) is 1.26. The minimum absolute atomic E-state index is 1.25. The van der Waals surface area contributed by atoms with Gasteiger partial charge < -0.3 is 22.5 Å². The Balaban J connectivity index is 0. The molecule has 0 saturated carbocycles. The molecular weight excluding hydrogens is 133 g/mol. The summed E-state index contributed by atoms with van der Waals surface area (Å²) in [6, 6.07) is 0. The number of hydrogen-bond acceptors (Lipinski definition) is 2. The standard InChI is InChI=1S/BF4.HNO2/c2-1(3,4)5;2-1-3/h;(H,2,3)/q-1;. The van der Waals surface area contributed by atoms with Crippen LogP contribution in [0.1, 0.15) is 0 Å². The van der Waals surface area contributed by atoms with Crippen molar-refractivity contribution in [3.05, 3.63) is 4.91 Å². The Morgan fingerprint density at radius 2 is 1.25 bits per heavy atom. The summed E-state index contributed by atoms with van der Waals surface area (Å²) in [5, 5.41) is 7.89. The molecule has 0 atom stereocenters. The van der Waals surface area contributed by atoms with E-state index in [9.17, 15) is 17.3 Å². The highest BCUT2D eigenvalue weighted by molar-refractivity contribution is 6.50. The predicted octanol–water partition coefficient (Wildman–Crippen LogP) is 1.44. The van der Waals surface area contributed by atoms with Gasteiger partial charge in [0.05, 0.1) is 0 Å². The Kier molecular flexibility index (Phi) is 5.55. The molecule has 0 amide bonds. The molecule has 0 aliphatic heterocycles. The topological polar surface area (TPSA) is 49.7 Å². The summed E-state index contributed by atoms with van der Waals surface area (Å²) in [5.41, 5.74) is 0. The second kappa shape index (κ2) is 4.35. The molecule has 0 aromatic carbocycles. The zero-order chi connectivity index (χ0) is 7.21. The molecule has 0 unspecified atom stereocenters. The van der Waals surface area contributed by atoms with E-state index in [0.717, 1.165) is 0 Å². The number of hydrogen-bond donors (Lipinski definition) is 1. The molecule has 8 heteroatoms. The van der Waals surface area contributed by atoms with Crippen LogP contribution >= 0.6 is 0 Å². The minimum Gasteiger partial charge on any atom is -0.418 e. The molecule has 0 rings (SSSR count). The van der Waals surface area contributed by atoms with Gasteiger partial charge in [-0.05, 0) is 0 Å². The monoisotopic (exact) mass is 134 g/mol. The summed E-state index contributed by atoms with van der Waals surface area (Å²) in [7, 11) is -6.00. The third-order valence-electron chi connectivity index (χ3n) is 0. The van der Waals surface area contributed by atoms with Crippen molar-refractivity contribution in [2.24, 2.45) is 5.34 Å². The number of rotatable bonds is 0. The average molecular weight is 134 g/mol. The van der Waals surface area contributed by atoms with E-state index in [2.05, 4.69) is 0 Å². The van der Waals surface area contributed by atoms with Crippen molar-refractivity contribution < 1.29 is 22.5 Å². The first-order valence-electron chi connectivity index (χ1n) is 1.26. The van der Waals surface area contributed by atoms with E-state index in [1.807, 2.05) is 0 Å². The first-order chi connectivity index (χ1) is 3.41. The second-order valence-corrected chi connectivity index (χ2v) is 0.577. The molecule has 0 radical (unpaired) electrons. The van der Waals surface area contributed by atoms with Gasteiger partial charge in [0.2, 0.25) is 0 Å². The van der Waals surface area contributed by atoms with Gasteiger partial charge in [-0.2, -0.15) is 0 Å². The van der Waals surface area contributed by atoms with Crippen LogP contribution in [0.2, 0.25) is 0 Å². The Morgan fingerprint density at radius 1 is 1.25 bits per heavy atom. The van der Waals surface area contributed by atoms with Crippen molar-refractivity contribution in [1.29, 1.82) is 0 Å². The fraction of sp³-hybridized carbons (Fsp3) is 0. The summed E-state index contributed by atoms with van der Waals surface area (Å²) in [5.74, 6) is 0. The van der Waals surface area contributed by atoms with E-state index in [0.29, 0.717) is 0 Å². The highest BCUT2D eigenvalue weighted by Gasteiger charge is 2.20. The van der Waals surface area contributed by atoms with Crippen molar-refractivity contribution in [2.45, 2.75) is 0 Å². The SMILES string of the molecule is F[B-](F)(F)F.O=NO. The highest BCUT2D eigenvalue weighted by atomic mass is 19.5. The molecule has 0 saturated heterocycles. The lowest BCUT2D eigenvalue weighted by Crippen LogP contribution is -2.02. The maximum Gasteiger partial charge on any atom is 0.673 e. The van der Waals surface area contributed by atoms with Gasteiger partial charge in [-0.1, -0.05) is 0 Å². The van der Waals surface area contributed by atoms with Gasteiger partial charge in [-0.25, -0.2) is 0 Å². The van der Waals surface area contributed by atoms with Crippen LogP contribution < -0.4 is 0 Å². The number of nitrogens with zero attached hydrogens (tertiary/aromatic N) is 1. The zero-order valence-corrected chi connectivity index (χ0v) is 3.39. The van der Waals surface area contributed by atoms with Crippen LogP contribution in [0.25, 0.3) is 0 Å². The minimum atomic E-state index is -6.00. The molecule has 0 spiro atoms. The molecule has 8 heavy (non-hydrogen) atoms. The number of halogens is 4. The van der Waals surface area contributed by atoms with E-state index < -0.39 is 7.25 Å². The summed E-state index contributed by atoms with van der Waals surface area (Å²) in [6.07, 6.45) is 0. The molecule has 0 aromatic rings. The Hall–Kier alpha value is -0.815. The van der Waals surface area contributed by atoms with Gasteiger partial charge in [0.25, 0.3) is 0 Å². The lowest BCUT2D eigenvalue weighted by Gasteiger charge is -1.94. The van der Waals surface area contributed by atoms with Gasteiger partial charge in [0, 0.05) is 0 Å². The third-order valence-corrected chi connectivity index (χ3v) is 0. The molecule has 0 aliphatic carbocycles. The average Bonchev–Trinajstić information content (AvgIpc) is 1.27. The molecule has 0 fully saturated rings.